The van der Waals surface area contributed by atoms with E-state index in [1.54, 1.807) is 6.07 Å². The zero-order valence-electron chi connectivity index (χ0n) is 15.0. The number of rotatable bonds is 5. The molecule has 1 saturated heterocycles. The van der Waals surface area contributed by atoms with Crippen molar-refractivity contribution in [3.8, 4) is 0 Å². The maximum absolute atomic E-state index is 14.5. The molecule has 0 radical (unpaired) electrons. The Balaban J connectivity index is 1.64. The third-order valence-electron chi connectivity index (χ3n) is 4.53. The molecule has 28 heavy (non-hydrogen) atoms. The summed E-state index contributed by atoms with van der Waals surface area (Å²) in [4.78, 5) is 4.09. The normalized spacial score (nSPS) is 15.2. The molecule has 3 N–H and O–H groups in total. The maximum atomic E-state index is 14.5. The lowest BCUT2D eigenvalue weighted by atomic mass is 10.1. The number of halogens is 3. The van der Waals surface area contributed by atoms with Crippen molar-refractivity contribution in [2.75, 3.05) is 31.1 Å². The van der Waals surface area contributed by atoms with Gasteiger partial charge in [-0.05, 0) is 36.0 Å². The van der Waals surface area contributed by atoms with Crippen LogP contribution in [-0.2, 0) is 6.54 Å². The number of anilines is 1. The lowest BCUT2D eigenvalue weighted by Gasteiger charge is -2.36. The van der Waals surface area contributed by atoms with Crippen LogP contribution in [0.15, 0.2) is 41.5 Å². The van der Waals surface area contributed by atoms with Crippen LogP contribution in [-0.4, -0.2) is 42.4 Å². The summed E-state index contributed by atoms with van der Waals surface area (Å²) < 4.78 is 28.9. The van der Waals surface area contributed by atoms with Crippen molar-refractivity contribution < 1.29 is 8.78 Å². The molecular weight excluding hydrogens is 404 g/mol. The second-order valence-corrected chi connectivity index (χ2v) is 7.24. The van der Waals surface area contributed by atoms with Gasteiger partial charge in [0.05, 0.1) is 11.9 Å². The second-order valence-electron chi connectivity index (χ2n) is 6.39. The average Bonchev–Trinajstić information content (AvgIpc) is 2.68. The fourth-order valence-electron chi connectivity index (χ4n) is 3.08. The molecule has 3 rings (SSSR count). The molecule has 1 heterocycles. The van der Waals surface area contributed by atoms with Crippen LogP contribution in [0.2, 0.25) is 5.02 Å². The Labute approximate surface area is 172 Å². The van der Waals surface area contributed by atoms with E-state index in [-0.39, 0.29) is 16.4 Å². The number of thiocarbonyl (C=S) groups is 1. The van der Waals surface area contributed by atoms with Crippen LogP contribution in [0.25, 0.3) is 0 Å². The number of nitrogens with one attached hydrogen (secondary N) is 1. The molecule has 1 aliphatic heterocycles. The van der Waals surface area contributed by atoms with Crippen molar-refractivity contribution in [2.24, 2.45) is 10.8 Å². The summed E-state index contributed by atoms with van der Waals surface area (Å²) in [5, 5.41) is 4.35. The Bertz CT molecular complexity index is 885. The molecule has 0 saturated carbocycles. The summed E-state index contributed by atoms with van der Waals surface area (Å²) in [6, 6.07) is 10.8. The molecule has 0 atom stereocenters. The molecule has 0 spiro atoms. The van der Waals surface area contributed by atoms with Crippen LogP contribution in [0.5, 0.6) is 0 Å². The SMILES string of the molecule is NC(=S)NN=Cc1ccc(N2CCN(Cc3ccccc3Cl)CC2)c(F)c1F. The van der Waals surface area contributed by atoms with Crippen molar-refractivity contribution in [1.29, 1.82) is 0 Å². The monoisotopic (exact) mass is 423 g/mol. The second kappa shape index (κ2) is 9.27. The topological polar surface area (TPSA) is 56.9 Å². The quantitative estimate of drug-likeness (QED) is 0.439. The van der Waals surface area contributed by atoms with E-state index in [1.807, 2.05) is 29.2 Å². The van der Waals surface area contributed by atoms with Gasteiger partial charge in [-0.1, -0.05) is 29.8 Å². The standard InChI is InChI=1S/C19H20ClF2N5S/c20-15-4-2-1-3-14(15)12-26-7-9-27(10-8-26)16-6-5-13(17(21)18(16)22)11-24-25-19(23)28/h1-6,11H,7-10,12H2,(H3,23,25,28). The van der Waals surface area contributed by atoms with Gasteiger partial charge in [-0.3, -0.25) is 10.3 Å². The minimum absolute atomic E-state index is 0.0161. The fraction of sp³-hybridized carbons (Fsp3) is 0.263. The zero-order valence-corrected chi connectivity index (χ0v) is 16.6. The van der Waals surface area contributed by atoms with E-state index in [2.05, 4.69) is 27.6 Å². The maximum Gasteiger partial charge on any atom is 0.184 e. The summed E-state index contributed by atoms with van der Waals surface area (Å²) in [6.07, 6.45) is 1.14. The third-order valence-corrected chi connectivity index (χ3v) is 4.99. The van der Waals surface area contributed by atoms with Crippen LogP contribution in [0.1, 0.15) is 11.1 Å². The van der Waals surface area contributed by atoms with E-state index in [0.717, 1.165) is 36.4 Å². The largest absolute Gasteiger partial charge is 0.375 e. The summed E-state index contributed by atoms with van der Waals surface area (Å²) in [7, 11) is 0. The number of hydrazone groups is 1. The van der Waals surface area contributed by atoms with E-state index in [9.17, 15) is 8.78 Å². The van der Waals surface area contributed by atoms with Crippen LogP contribution in [0.4, 0.5) is 14.5 Å². The fourth-order valence-corrected chi connectivity index (χ4v) is 3.33. The van der Waals surface area contributed by atoms with Crippen molar-refractivity contribution in [2.45, 2.75) is 6.54 Å². The molecule has 0 bridgehead atoms. The molecule has 148 valence electrons. The Morgan fingerprint density at radius 2 is 1.86 bits per heavy atom. The van der Waals surface area contributed by atoms with Gasteiger partial charge in [-0.15, -0.1) is 0 Å². The molecule has 1 aliphatic rings. The van der Waals surface area contributed by atoms with Crippen molar-refractivity contribution >= 4 is 40.8 Å². The number of nitrogens with two attached hydrogens (primary N) is 1. The predicted molar refractivity (Wildman–Crippen MR) is 113 cm³/mol. The van der Waals surface area contributed by atoms with Gasteiger partial charge >= 0.3 is 0 Å². The Morgan fingerprint density at radius 3 is 2.54 bits per heavy atom. The van der Waals surface area contributed by atoms with Gasteiger partial charge < -0.3 is 10.6 Å². The highest BCUT2D eigenvalue weighted by Crippen LogP contribution is 2.25. The van der Waals surface area contributed by atoms with Crippen molar-refractivity contribution in [1.82, 2.24) is 10.3 Å². The Kier molecular flexibility index (Phi) is 6.77. The van der Waals surface area contributed by atoms with E-state index >= 15 is 0 Å². The molecule has 0 unspecified atom stereocenters. The number of benzene rings is 2. The van der Waals surface area contributed by atoms with Crippen molar-refractivity contribution in [3.05, 3.63) is 64.2 Å². The summed E-state index contributed by atoms with van der Waals surface area (Å²) in [5.74, 6) is -1.84. The minimum atomic E-state index is -0.954. The number of piperazine rings is 1. The highest BCUT2D eigenvalue weighted by Gasteiger charge is 2.22. The highest BCUT2D eigenvalue weighted by atomic mass is 35.5. The molecule has 2 aromatic rings. The molecule has 2 aromatic carbocycles. The van der Waals surface area contributed by atoms with Gasteiger partial charge in [0.15, 0.2) is 16.7 Å². The Hall–Kier alpha value is -2.29. The minimum Gasteiger partial charge on any atom is -0.375 e. The molecule has 0 aliphatic carbocycles. The first kappa shape index (κ1) is 20.4. The van der Waals surface area contributed by atoms with Gasteiger partial charge in [0.1, 0.15) is 0 Å². The van der Waals surface area contributed by atoms with Crippen LogP contribution >= 0.6 is 23.8 Å². The number of nitrogens with zero attached hydrogens (tertiary/aromatic N) is 3. The average molecular weight is 424 g/mol. The van der Waals surface area contributed by atoms with Gasteiger partial charge in [0.2, 0.25) is 0 Å². The lowest BCUT2D eigenvalue weighted by molar-refractivity contribution is 0.249. The molecule has 1 fully saturated rings. The summed E-state index contributed by atoms with van der Waals surface area (Å²) in [6.45, 7) is 3.38. The van der Waals surface area contributed by atoms with E-state index in [0.29, 0.717) is 13.1 Å². The van der Waals surface area contributed by atoms with Gasteiger partial charge in [0, 0.05) is 43.3 Å². The van der Waals surface area contributed by atoms with Crippen molar-refractivity contribution in [3.63, 3.8) is 0 Å². The molecule has 5 nitrogen and oxygen atoms in total. The summed E-state index contributed by atoms with van der Waals surface area (Å²) >= 11 is 10.8. The molecule has 0 aromatic heterocycles. The van der Waals surface area contributed by atoms with Crippen LogP contribution in [0, 0.1) is 11.6 Å². The first-order chi connectivity index (χ1) is 13.5. The number of hydrogen-bond acceptors (Lipinski definition) is 4. The van der Waals surface area contributed by atoms with Gasteiger partial charge in [0.25, 0.3) is 0 Å². The Morgan fingerprint density at radius 1 is 1.14 bits per heavy atom. The first-order valence-electron chi connectivity index (χ1n) is 8.73. The van der Waals surface area contributed by atoms with E-state index in [1.165, 1.54) is 6.07 Å². The predicted octanol–water partition coefficient (Wildman–Crippen LogP) is 3.11. The summed E-state index contributed by atoms with van der Waals surface area (Å²) in [5.41, 5.74) is 8.87. The van der Waals surface area contributed by atoms with Crippen LogP contribution in [0.3, 0.4) is 0 Å². The van der Waals surface area contributed by atoms with E-state index in [4.69, 9.17) is 17.3 Å². The van der Waals surface area contributed by atoms with E-state index < -0.39 is 11.6 Å². The molecule has 9 heteroatoms. The van der Waals surface area contributed by atoms with Gasteiger partial charge in [-0.25, -0.2) is 8.78 Å². The highest BCUT2D eigenvalue weighted by molar-refractivity contribution is 7.80. The van der Waals surface area contributed by atoms with Gasteiger partial charge in [-0.2, -0.15) is 5.10 Å². The lowest BCUT2D eigenvalue weighted by Crippen LogP contribution is -2.46. The van der Waals surface area contributed by atoms with Crippen LogP contribution < -0.4 is 16.1 Å². The smallest absolute Gasteiger partial charge is 0.184 e. The zero-order chi connectivity index (χ0) is 20.1. The first-order valence-corrected chi connectivity index (χ1v) is 9.51. The number of hydrogen-bond donors (Lipinski definition) is 2. The molecule has 0 amide bonds. The third kappa shape index (κ3) is 4.95. The molecular formula is C19H20ClF2N5S.